The summed E-state index contributed by atoms with van der Waals surface area (Å²) < 4.78 is 266. The predicted molar refractivity (Wildman–Crippen MR) is 107 cm³/mol. The standard InChI is InChI=1S/C20H9F18NO3S/c21-13(22,15(25,26)17(29,30)19(33,34)35)14(23,24)16(27,28)18(31,32)20(36,37)43(41,42)39(38)11-7-3-1-5-9(11)10-6-2-4-8-12(10)40/h1-8,40H. The van der Waals surface area contributed by atoms with Crippen molar-refractivity contribution in [1.29, 1.82) is 0 Å². The van der Waals surface area contributed by atoms with Crippen molar-refractivity contribution in [3.8, 4) is 16.9 Å². The summed E-state index contributed by atoms with van der Waals surface area (Å²) in [6.07, 6.45) is -7.96. The molecule has 0 amide bonds. The maximum absolute atomic E-state index is 14.8. The zero-order valence-electron chi connectivity index (χ0n) is 19.5. The predicted octanol–water partition coefficient (Wildman–Crippen LogP) is 8.05. The normalized spacial score (nSPS) is 15.0. The molecule has 0 spiro atoms. The van der Waals surface area contributed by atoms with E-state index in [1.54, 1.807) is 0 Å². The Bertz CT molecular complexity index is 1460. The molecule has 0 unspecified atom stereocenters. The maximum Gasteiger partial charge on any atom is 0.460 e. The average Bonchev–Trinajstić information content (AvgIpc) is 2.87. The number of sulfonamides is 1. The van der Waals surface area contributed by atoms with Crippen molar-refractivity contribution in [2.45, 2.75) is 47.0 Å². The van der Waals surface area contributed by atoms with Crippen LogP contribution < -0.4 is 4.53 Å². The van der Waals surface area contributed by atoms with Crippen LogP contribution in [0.15, 0.2) is 48.5 Å². The monoisotopic (exact) mass is 685 g/mol. The Labute approximate surface area is 226 Å². The van der Waals surface area contributed by atoms with Crippen LogP contribution in [-0.4, -0.2) is 60.5 Å². The zero-order valence-corrected chi connectivity index (χ0v) is 20.4. The van der Waals surface area contributed by atoms with E-state index in [9.17, 15) is 92.6 Å². The number of para-hydroxylation sites is 2. The van der Waals surface area contributed by atoms with Crippen molar-refractivity contribution in [2.24, 2.45) is 0 Å². The first-order valence-electron chi connectivity index (χ1n) is 10.2. The lowest BCUT2D eigenvalue weighted by Gasteiger charge is -2.42. The molecule has 0 heterocycles. The highest BCUT2D eigenvalue weighted by Gasteiger charge is 2.96. The lowest BCUT2D eigenvalue weighted by Crippen LogP contribution is -2.75. The molecule has 244 valence electrons. The quantitative estimate of drug-likeness (QED) is 0.204. The summed E-state index contributed by atoms with van der Waals surface area (Å²) in [6, 6.07) is 5.81. The first kappa shape index (κ1) is 35.9. The van der Waals surface area contributed by atoms with Crippen molar-refractivity contribution < 1.29 is 92.6 Å². The van der Waals surface area contributed by atoms with Gasteiger partial charge in [0.05, 0.1) is 5.69 Å². The van der Waals surface area contributed by atoms with Crippen LogP contribution >= 0.6 is 0 Å². The molecular weight excluding hydrogens is 676 g/mol. The van der Waals surface area contributed by atoms with E-state index in [-0.39, 0.29) is 6.07 Å². The second-order valence-corrected chi connectivity index (χ2v) is 10.00. The summed E-state index contributed by atoms with van der Waals surface area (Å²) in [7, 11) is -8.24. The highest BCUT2D eigenvalue weighted by molar-refractivity contribution is 7.93. The molecule has 0 saturated carbocycles. The smallest absolute Gasteiger partial charge is 0.460 e. The third-order valence-corrected chi connectivity index (χ3v) is 7.04. The van der Waals surface area contributed by atoms with Crippen molar-refractivity contribution in [2.75, 3.05) is 4.53 Å². The summed E-state index contributed by atoms with van der Waals surface area (Å²) >= 11 is 0. The van der Waals surface area contributed by atoms with Crippen LogP contribution in [0.2, 0.25) is 0 Å². The minimum absolute atomic E-state index is 0.119. The van der Waals surface area contributed by atoms with Gasteiger partial charge >= 0.3 is 57.0 Å². The molecule has 23 heteroatoms. The average molecular weight is 685 g/mol. The van der Waals surface area contributed by atoms with Gasteiger partial charge in [-0.1, -0.05) is 45.4 Å². The fourth-order valence-corrected chi connectivity index (χ4v) is 4.17. The molecular formula is C20H9F18NO3S. The number of nitrogens with zero attached hydrogens (tertiary/aromatic N) is 1. The van der Waals surface area contributed by atoms with Gasteiger partial charge in [-0.25, -0.2) is 0 Å². The van der Waals surface area contributed by atoms with Gasteiger partial charge in [-0.15, -0.1) is 0 Å². The van der Waals surface area contributed by atoms with Crippen molar-refractivity contribution in [3.63, 3.8) is 0 Å². The maximum atomic E-state index is 14.8. The molecule has 43 heavy (non-hydrogen) atoms. The Hall–Kier alpha value is -3.27. The van der Waals surface area contributed by atoms with Gasteiger partial charge in [-0.05, 0) is 12.1 Å². The van der Waals surface area contributed by atoms with E-state index in [0.29, 0.717) is 12.1 Å². The molecule has 4 nitrogen and oxygen atoms in total. The number of phenolic OH excluding ortho intramolecular Hbond substituents is 1. The van der Waals surface area contributed by atoms with Gasteiger partial charge in [0.15, 0.2) is 0 Å². The first-order chi connectivity index (χ1) is 18.9. The number of phenols is 1. The van der Waals surface area contributed by atoms with E-state index < -0.39 is 84.1 Å². The highest BCUT2D eigenvalue weighted by atomic mass is 32.2. The second kappa shape index (κ2) is 10.1. The van der Waals surface area contributed by atoms with Crippen LogP contribution in [0, 0.1) is 0 Å². The molecule has 0 aromatic heterocycles. The Balaban J connectivity index is 2.73. The van der Waals surface area contributed by atoms with Crippen LogP contribution in [0.5, 0.6) is 5.75 Å². The van der Waals surface area contributed by atoms with Gasteiger partial charge in [-0.2, -0.15) is 83.1 Å². The van der Waals surface area contributed by atoms with Crippen molar-refractivity contribution in [3.05, 3.63) is 48.5 Å². The lowest BCUT2D eigenvalue weighted by molar-refractivity contribution is -0.458. The van der Waals surface area contributed by atoms with Gasteiger partial charge < -0.3 is 5.11 Å². The first-order valence-corrected chi connectivity index (χ1v) is 11.6. The van der Waals surface area contributed by atoms with Gasteiger partial charge in [0.25, 0.3) is 0 Å². The largest absolute Gasteiger partial charge is 0.507 e. The van der Waals surface area contributed by atoms with Crippen LogP contribution in [0.25, 0.3) is 11.1 Å². The summed E-state index contributed by atoms with van der Waals surface area (Å²) in [5.74, 6) is -53.8. The molecule has 0 radical (unpaired) electrons. The van der Waals surface area contributed by atoms with Crippen LogP contribution in [-0.2, 0) is 10.0 Å². The number of hydrogen-bond acceptors (Lipinski definition) is 3. The third kappa shape index (κ3) is 4.76. The summed E-state index contributed by atoms with van der Waals surface area (Å²) in [5.41, 5.74) is -3.57. The van der Waals surface area contributed by atoms with E-state index >= 15 is 0 Å². The molecule has 0 aliphatic heterocycles. The van der Waals surface area contributed by atoms with Gasteiger partial charge in [0.1, 0.15) is 5.75 Å². The topological polar surface area (TPSA) is 57.6 Å². The number of rotatable bonds is 10. The van der Waals surface area contributed by atoms with E-state index in [1.807, 2.05) is 0 Å². The Morgan fingerprint density at radius 3 is 1.28 bits per heavy atom. The van der Waals surface area contributed by atoms with Crippen LogP contribution in [0.1, 0.15) is 0 Å². The summed E-state index contributed by atoms with van der Waals surface area (Å²) in [4.78, 5) is 0. The van der Waals surface area contributed by atoms with Gasteiger partial charge in [-0.3, -0.25) is 0 Å². The molecule has 0 bridgehead atoms. The van der Waals surface area contributed by atoms with E-state index in [4.69, 9.17) is 0 Å². The Morgan fingerprint density at radius 2 is 0.860 bits per heavy atom. The zero-order chi connectivity index (χ0) is 34.0. The minimum Gasteiger partial charge on any atom is -0.507 e. The number of hydrogen-bond donors (Lipinski definition) is 1. The minimum atomic E-state index is -9.05. The number of benzene rings is 2. The fourth-order valence-electron chi connectivity index (χ4n) is 3.10. The van der Waals surface area contributed by atoms with E-state index in [2.05, 4.69) is 0 Å². The molecule has 0 fully saturated rings. The fraction of sp³-hybridized carbons (Fsp3) is 0.400. The SMILES string of the molecule is O=S(=O)(N(F)c1ccccc1-c1ccccc1O)C(F)(F)C(F)(F)C(F)(F)C(F)(F)C(F)(F)C(F)(F)C(F)(F)C(F)(F)F. The second-order valence-electron chi connectivity index (χ2n) is 8.22. The Morgan fingerprint density at radius 1 is 0.512 bits per heavy atom. The molecule has 0 atom stereocenters. The number of anilines is 1. The molecule has 2 rings (SSSR count). The number of aromatic hydroxyl groups is 1. The van der Waals surface area contributed by atoms with Crippen LogP contribution in [0.3, 0.4) is 0 Å². The molecule has 0 aliphatic rings. The van der Waals surface area contributed by atoms with Crippen molar-refractivity contribution in [1.82, 2.24) is 0 Å². The van der Waals surface area contributed by atoms with Crippen molar-refractivity contribution >= 4 is 15.7 Å². The molecule has 2 aromatic carbocycles. The molecule has 0 saturated heterocycles. The molecule has 0 aliphatic carbocycles. The van der Waals surface area contributed by atoms with E-state index in [0.717, 1.165) is 30.3 Å². The highest BCUT2D eigenvalue weighted by Crippen LogP contribution is 2.64. The number of alkyl halides is 17. The van der Waals surface area contributed by atoms with Gasteiger partial charge in [0, 0.05) is 11.1 Å². The van der Waals surface area contributed by atoms with Gasteiger partial charge in [0.2, 0.25) is 0 Å². The summed E-state index contributed by atoms with van der Waals surface area (Å²) in [6.45, 7) is 0. The lowest BCUT2D eigenvalue weighted by atomic mass is 9.91. The van der Waals surface area contributed by atoms with Crippen LogP contribution in [0.4, 0.5) is 84.8 Å². The molecule has 1 N–H and O–H groups in total. The number of halogens is 18. The Kier molecular flexibility index (Phi) is 8.47. The molecule has 2 aromatic rings. The summed E-state index contributed by atoms with van der Waals surface area (Å²) in [5, 5.41) is 1.72. The third-order valence-electron chi connectivity index (χ3n) is 5.52. The van der Waals surface area contributed by atoms with E-state index in [1.165, 1.54) is 0 Å².